The van der Waals surface area contributed by atoms with Crippen LogP contribution in [0.5, 0.6) is 5.75 Å². The Labute approximate surface area is 185 Å². The summed E-state index contributed by atoms with van der Waals surface area (Å²) in [5, 5.41) is 7.06. The van der Waals surface area contributed by atoms with Gasteiger partial charge in [-0.25, -0.2) is 5.43 Å². The summed E-state index contributed by atoms with van der Waals surface area (Å²) in [6.45, 7) is 4.33. The number of anilines is 1. The quantitative estimate of drug-likeness (QED) is 0.336. The summed E-state index contributed by atoms with van der Waals surface area (Å²) in [5.74, 6) is -0.937. The second-order valence-electron chi connectivity index (χ2n) is 6.94. The lowest BCUT2D eigenvalue weighted by Gasteiger charge is -2.07. The van der Waals surface area contributed by atoms with Gasteiger partial charge < -0.3 is 10.1 Å². The van der Waals surface area contributed by atoms with Gasteiger partial charge >= 0.3 is 11.8 Å². The summed E-state index contributed by atoms with van der Waals surface area (Å²) in [5.41, 5.74) is 6.66. The Hall–Kier alpha value is -3.64. The standard InChI is InChI=1S/C24H22ClN3O3/c1-16-3-10-21(13-17(16)2)27-23(29)24(30)28-26-14-18-6-11-22(12-7-18)31-15-19-4-8-20(25)9-5-19/h3-14H,15H2,1-2H3,(H,27,29)(H,28,30)/b26-14-. The van der Waals surface area contributed by atoms with Gasteiger partial charge in [-0.05, 0) is 84.6 Å². The first-order valence-electron chi connectivity index (χ1n) is 9.59. The third-order valence-electron chi connectivity index (χ3n) is 4.55. The fourth-order valence-corrected chi connectivity index (χ4v) is 2.75. The summed E-state index contributed by atoms with van der Waals surface area (Å²) < 4.78 is 5.72. The van der Waals surface area contributed by atoms with E-state index in [9.17, 15) is 9.59 Å². The highest BCUT2D eigenvalue weighted by Gasteiger charge is 2.13. The molecule has 158 valence electrons. The maximum atomic E-state index is 12.0. The van der Waals surface area contributed by atoms with Gasteiger partial charge in [0.25, 0.3) is 0 Å². The highest BCUT2D eigenvalue weighted by molar-refractivity contribution is 6.39. The van der Waals surface area contributed by atoms with Crippen LogP contribution < -0.4 is 15.5 Å². The highest BCUT2D eigenvalue weighted by atomic mass is 35.5. The fraction of sp³-hybridized carbons (Fsp3) is 0.125. The molecule has 0 saturated carbocycles. The minimum atomic E-state index is -0.850. The van der Waals surface area contributed by atoms with Crippen molar-refractivity contribution in [1.82, 2.24) is 5.43 Å². The van der Waals surface area contributed by atoms with E-state index >= 15 is 0 Å². The summed E-state index contributed by atoms with van der Waals surface area (Å²) in [6.07, 6.45) is 1.45. The van der Waals surface area contributed by atoms with Crippen LogP contribution in [0.3, 0.4) is 0 Å². The van der Waals surface area contributed by atoms with Crippen molar-refractivity contribution in [2.75, 3.05) is 5.32 Å². The molecule has 3 aromatic carbocycles. The predicted octanol–water partition coefficient (Wildman–Crippen LogP) is 4.62. The van der Waals surface area contributed by atoms with Crippen molar-refractivity contribution in [3.05, 3.63) is 94.0 Å². The largest absolute Gasteiger partial charge is 0.489 e. The van der Waals surface area contributed by atoms with Gasteiger partial charge in [0.15, 0.2) is 0 Å². The maximum absolute atomic E-state index is 12.0. The lowest BCUT2D eigenvalue weighted by molar-refractivity contribution is -0.136. The molecule has 0 heterocycles. The lowest BCUT2D eigenvalue weighted by Crippen LogP contribution is -2.32. The first-order chi connectivity index (χ1) is 14.9. The van der Waals surface area contributed by atoms with Gasteiger partial charge in [0.2, 0.25) is 0 Å². The minimum absolute atomic E-state index is 0.427. The normalized spacial score (nSPS) is 10.7. The Bertz CT molecular complexity index is 1090. The molecule has 0 radical (unpaired) electrons. The zero-order valence-corrected chi connectivity index (χ0v) is 17.9. The van der Waals surface area contributed by atoms with E-state index in [4.69, 9.17) is 16.3 Å². The smallest absolute Gasteiger partial charge is 0.329 e. The zero-order valence-electron chi connectivity index (χ0n) is 17.2. The number of rotatable bonds is 6. The van der Waals surface area contributed by atoms with Crippen molar-refractivity contribution in [3.8, 4) is 5.75 Å². The predicted molar refractivity (Wildman–Crippen MR) is 123 cm³/mol. The third kappa shape index (κ3) is 6.69. The minimum Gasteiger partial charge on any atom is -0.489 e. The van der Waals surface area contributed by atoms with Crippen molar-refractivity contribution >= 4 is 35.3 Å². The van der Waals surface area contributed by atoms with Crippen LogP contribution in [0.2, 0.25) is 5.02 Å². The number of nitrogens with zero attached hydrogens (tertiary/aromatic N) is 1. The molecule has 2 amide bonds. The van der Waals surface area contributed by atoms with E-state index < -0.39 is 11.8 Å². The molecule has 0 atom stereocenters. The van der Waals surface area contributed by atoms with E-state index in [1.807, 2.05) is 44.2 Å². The van der Waals surface area contributed by atoms with Crippen LogP contribution in [-0.2, 0) is 16.2 Å². The molecule has 0 aromatic heterocycles. The number of hydrogen-bond donors (Lipinski definition) is 2. The Kier molecular flexibility index (Phi) is 7.40. The van der Waals surface area contributed by atoms with Gasteiger partial charge in [0.1, 0.15) is 12.4 Å². The van der Waals surface area contributed by atoms with Crippen molar-refractivity contribution in [3.63, 3.8) is 0 Å². The van der Waals surface area contributed by atoms with E-state index in [1.54, 1.807) is 36.4 Å². The van der Waals surface area contributed by atoms with Crippen LogP contribution in [0, 0.1) is 13.8 Å². The van der Waals surface area contributed by atoms with Gasteiger partial charge in [0, 0.05) is 10.7 Å². The summed E-state index contributed by atoms with van der Waals surface area (Å²) in [6, 6.07) is 20.1. The molecule has 0 aliphatic rings. The first-order valence-corrected chi connectivity index (χ1v) is 9.97. The Morgan fingerprint density at radius 2 is 1.65 bits per heavy atom. The monoisotopic (exact) mass is 435 g/mol. The summed E-state index contributed by atoms with van der Waals surface area (Å²) in [4.78, 5) is 23.9. The molecule has 0 aliphatic heterocycles. The number of amides is 2. The molecular formula is C24H22ClN3O3. The molecule has 0 fully saturated rings. The second kappa shape index (κ2) is 10.4. The Morgan fingerprint density at radius 3 is 2.32 bits per heavy atom. The number of benzene rings is 3. The lowest BCUT2D eigenvalue weighted by atomic mass is 10.1. The van der Waals surface area contributed by atoms with Crippen LogP contribution >= 0.6 is 11.6 Å². The van der Waals surface area contributed by atoms with E-state index in [0.717, 1.165) is 22.3 Å². The molecule has 0 saturated heterocycles. The summed E-state index contributed by atoms with van der Waals surface area (Å²) >= 11 is 5.87. The topological polar surface area (TPSA) is 79.8 Å². The molecule has 3 rings (SSSR count). The fourth-order valence-electron chi connectivity index (χ4n) is 2.62. The molecule has 2 N–H and O–H groups in total. The number of ether oxygens (including phenoxy) is 1. The van der Waals surface area contributed by atoms with Crippen LogP contribution in [0.15, 0.2) is 71.8 Å². The van der Waals surface area contributed by atoms with E-state index in [2.05, 4.69) is 15.8 Å². The van der Waals surface area contributed by atoms with E-state index in [1.165, 1.54) is 6.21 Å². The molecule has 6 nitrogen and oxygen atoms in total. The van der Waals surface area contributed by atoms with Gasteiger partial charge in [-0.1, -0.05) is 29.8 Å². The number of halogens is 1. The van der Waals surface area contributed by atoms with E-state index in [0.29, 0.717) is 23.1 Å². The van der Waals surface area contributed by atoms with Crippen LogP contribution in [-0.4, -0.2) is 18.0 Å². The Morgan fingerprint density at radius 1 is 0.935 bits per heavy atom. The number of hydrogen-bond acceptors (Lipinski definition) is 4. The number of nitrogens with one attached hydrogen (secondary N) is 2. The molecule has 3 aromatic rings. The van der Waals surface area contributed by atoms with Crippen LogP contribution in [0.4, 0.5) is 5.69 Å². The Balaban J connectivity index is 1.47. The van der Waals surface area contributed by atoms with Gasteiger partial charge in [0.05, 0.1) is 6.21 Å². The SMILES string of the molecule is Cc1ccc(NC(=O)C(=O)N/N=C\c2ccc(OCc3ccc(Cl)cc3)cc2)cc1C. The highest BCUT2D eigenvalue weighted by Crippen LogP contribution is 2.16. The average molecular weight is 436 g/mol. The average Bonchev–Trinajstić information content (AvgIpc) is 2.76. The van der Waals surface area contributed by atoms with Crippen LogP contribution in [0.1, 0.15) is 22.3 Å². The van der Waals surface area contributed by atoms with Crippen molar-refractivity contribution in [2.45, 2.75) is 20.5 Å². The number of hydrazone groups is 1. The zero-order chi connectivity index (χ0) is 22.2. The molecule has 31 heavy (non-hydrogen) atoms. The van der Waals surface area contributed by atoms with E-state index in [-0.39, 0.29) is 0 Å². The second-order valence-corrected chi connectivity index (χ2v) is 7.37. The third-order valence-corrected chi connectivity index (χ3v) is 4.80. The molecule has 0 aliphatic carbocycles. The molecule has 0 spiro atoms. The van der Waals surface area contributed by atoms with Gasteiger partial charge in [-0.2, -0.15) is 5.10 Å². The number of carbonyl (C=O) groups excluding carboxylic acids is 2. The van der Waals surface area contributed by atoms with Crippen molar-refractivity contribution < 1.29 is 14.3 Å². The van der Waals surface area contributed by atoms with Gasteiger partial charge in [-0.15, -0.1) is 0 Å². The number of carbonyl (C=O) groups is 2. The molecule has 7 heteroatoms. The van der Waals surface area contributed by atoms with Gasteiger partial charge in [-0.3, -0.25) is 9.59 Å². The van der Waals surface area contributed by atoms with Crippen molar-refractivity contribution in [1.29, 1.82) is 0 Å². The first kappa shape index (κ1) is 22.1. The molecule has 0 unspecified atom stereocenters. The summed E-state index contributed by atoms with van der Waals surface area (Å²) in [7, 11) is 0. The maximum Gasteiger partial charge on any atom is 0.329 e. The number of aryl methyl sites for hydroxylation is 2. The van der Waals surface area contributed by atoms with Crippen LogP contribution in [0.25, 0.3) is 0 Å². The molecule has 0 bridgehead atoms. The van der Waals surface area contributed by atoms with Crippen molar-refractivity contribution in [2.24, 2.45) is 5.10 Å². The molecular weight excluding hydrogens is 414 g/mol.